The van der Waals surface area contributed by atoms with Gasteiger partial charge in [0.15, 0.2) is 0 Å². The Hall–Kier alpha value is -1.14. The molecule has 0 aromatic rings. The molecule has 0 aromatic heterocycles. The van der Waals surface area contributed by atoms with Crippen molar-refractivity contribution >= 4 is 11.9 Å². The van der Waals surface area contributed by atoms with Crippen LogP contribution in [-0.4, -0.2) is 31.6 Å². The number of methoxy groups -OCH3 is 1. The Kier molecular flexibility index (Phi) is 7.49. The summed E-state index contributed by atoms with van der Waals surface area (Å²) in [5, 5.41) is 2.91. The second-order valence-electron chi connectivity index (χ2n) is 3.90. The summed E-state index contributed by atoms with van der Waals surface area (Å²) in [6, 6.07) is -0.477. The summed E-state index contributed by atoms with van der Waals surface area (Å²) >= 11 is 0. The molecule has 0 aliphatic rings. The molecule has 0 saturated carbocycles. The van der Waals surface area contributed by atoms with Crippen molar-refractivity contribution < 1.29 is 19.2 Å². The maximum absolute atomic E-state index is 11.3. The lowest BCUT2D eigenvalue weighted by molar-refractivity contribution is -0.147. The van der Waals surface area contributed by atoms with Crippen LogP contribution in [0, 0.1) is 5.92 Å². The second kappa shape index (κ2) is 8.06. The van der Waals surface area contributed by atoms with Crippen LogP contribution in [0.5, 0.6) is 0 Å². The van der Waals surface area contributed by atoms with Gasteiger partial charge in [-0.3, -0.25) is 4.79 Å². The average molecular weight is 232 g/mol. The first-order chi connectivity index (χ1) is 7.51. The smallest absolute Gasteiger partial charge is 0.341 e. The standard InChI is InChI=1S/C10H20N2O4/c1-7(2)6-8(10(14)16-11)12-5-4-9(13)15-3/h7-8,12H,4-6,11H2,1-3H3. The quantitative estimate of drug-likeness (QED) is 0.473. The third-order valence-corrected chi connectivity index (χ3v) is 2.06. The Labute approximate surface area is 95.4 Å². The summed E-state index contributed by atoms with van der Waals surface area (Å²) in [7, 11) is 1.32. The van der Waals surface area contributed by atoms with Gasteiger partial charge in [0.05, 0.1) is 13.5 Å². The Morgan fingerprint density at radius 3 is 2.44 bits per heavy atom. The molecule has 3 N–H and O–H groups in total. The first-order valence-electron chi connectivity index (χ1n) is 5.22. The van der Waals surface area contributed by atoms with Crippen LogP contribution in [-0.2, 0) is 19.2 Å². The highest BCUT2D eigenvalue weighted by atomic mass is 16.7. The van der Waals surface area contributed by atoms with E-state index in [1.165, 1.54) is 7.11 Å². The fourth-order valence-corrected chi connectivity index (χ4v) is 1.27. The minimum atomic E-state index is -0.515. The summed E-state index contributed by atoms with van der Waals surface area (Å²) in [4.78, 5) is 26.3. The van der Waals surface area contributed by atoms with Gasteiger partial charge in [-0.1, -0.05) is 13.8 Å². The van der Waals surface area contributed by atoms with Crippen molar-refractivity contribution in [2.45, 2.75) is 32.7 Å². The van der Waals surface area contributed by atoms with Crippen molar-refractivity contribution in [3.8, 4) is 0 Å². The number of hydrogen-bond acceptors (Lipinski definition) is 6. The average Bonchev–Trinajstić information content (AvgIpc) is 2.25. The lowest BCUT2D eigenvalue weighted by Gasteiger charge is -2.17. The van der Waals surface area contributed by atoms with Crippen molar-refractivity contribution in [1.82, 2.24) is 5.32 Å². The maximum Gasteiger partial charge on any atom is 0.341 e. The molecular weight excluding hydrogens is 212 g/mol. The van der Waals surface area contributed by atoms with Gasteiger partial charge in [-0.15, -0.1) is 0 Å². The third kappa shape index (κ3) is 6.36. The molecule has 6 nitrogen and oxygen atoms in total. The molecule has 16 heavy (non-hydrogen) atoms. The normalized spacial score (nSPS) is 12.3. The van der Waals surface area contributed by atoms with Crippen LogP contribution in [0.15, 0.2) is 0 Å². The zero-order valence-corrected chi connectivity index (χ0v) is 9.99. The summed E-state index contributed by atoms with van der Waals surface area (Å²) in [6.07, 6.45) is 0.820. The maximum atomic E-state index is 11.3. The molecule has 0 spiro atoms. The molecular formula is C10H20N2O4. The topological polar surface area (TPSA) is 90.6 Å². The van der Waals surface area contributed by atoms with Gasteiger partial charge in [0, 0.05) is 6.54 Å². The van der Waals surface area contributed by atoms with Crippen molar-refractivity contribution in [2.75, 3.05) is 13.7 Å². The van der Waals surface area contributed by atoms with E-state index in [0.717, 1.165) is 0 Å². The molecule has 6 heteroatoms. The van der Waals surface area contributed by atoms with E-state index in [1.54, 1.807) is 0 Å². The molecule has 0 aliphatic carbocycles. The Bertz CT molecular complexity index is 231. The number of carbonyl (C=O) groups excluding carboxylic acids is 2. The van der Waals surface area contributed by atoms with Crippen LogP contribution in [0.1, 0.15) is 26.7 Å². The van der Waals surface area contributed by atoms with E-state index in [4.69, 9.17) is 5.90 Å². The van der Waals surface area contributed by atoms with E-state index in [-0.39, 0.29) is 12.4 Å². The highest BCUT2D eigenvalue weighted by Gasteiger charge is 2.20. The van der Waals surface area contributed by atoms with Gasteiger partial charge in [-0.2, -0.15) is 5.90 Å². The van der Waals surface area contributed by atoms with E-state index in [2.05, 4.69) is 14.9 Å². The lowest BCUT2D eigenvalue weighted by atomic mass is 10.0. The molecule has 94 valence electrons. The van der Waals surface area contributed by atoms with E-state index in [0.29, 0.717) is 18.9 Å². The van der Waals surface area contributed by atoms with E-state index in [1.807, 2.05) is 13.8 Å². The third-order valence-electron chi connectivity index (χ3n) is 2.06. The summed E-state index contributed by atoms with van der Waals surface area (Å²) in [5.74, 6) is 4.32. The van der Waals surface area contributed by atoms with Crippen LogP contribution in [0.2, 0.25) is 0 Å². The monoisotopic (exact) mass is 232 g/mol. The lowest BCUT2D eigenvalue weighted by Crippen LogP contribution is -2.41. The van der Waals surface area contributed by atoms with Crippen molar-refractivity contribution in [3.05, 3.63) is 0 Å². The van der Waals surface area contributed by atoms with Gasteiger partial charge in [0.25, 0.3) is 0 Å². The summed E-state index contributed by atoms with van der Waals surface area (Å²) < 4.78 is 4.48. The molecule has 0 saturated heterocycles. The fourth-order valence-electron chi connectivity index (χ4n) is 1.27. The summed E-state index contributed by atoms with van der Waals surface area (Å²) in [6.45, 7) is 4.33. The van der Waals surface area contributed by atoms with Crippen LogP contribution in [0.3, 0.4) is 0 Å². The van der Waals surface area contributed by atoms with Gasteiger partial charge in [0.2, 0.25) is 0 Å². The molecule has 0 bridgehead atoms. The molecule has 0 aliphatic heterocycles. The molecule has 1 unspecified atom stereocenters. The molecule has 1 atom stereocenters. The number of nitrogens with one attached hydrogen (secondary N) is 1. The largest absolute Gasteiger partial charge is 0.469 e. The fraction of sp³-hybridized carbons (Fsp3) is 0.800. The van der Waals surface area contributed by atoms with Gasteiger partial charge >= 0.3 is 11.9 Å². The SMILES string of the molecule is COC(=O)CCNC(CC(C)C)C(=O)ON. The first kappa shape index (κ1) is 14.9. The first-order valence-corrected chi connectivity index (χ1v) is 5.22. The van der Waals surface area contributed by atoms with E-state index < -0.39 is 12.0 Å². The summed E-state index contributed by atoms with van der Waals surface area (Å²) in [5.41, 5.74) is 0. The molecule has 0 amide bonds. The second-order valence-corrected chi connectivity index (χ2v) is 3.90. The van der Waals surface area contributed by atoms with Crippen LogP contribution < -0.4 is 11.2 Å². The molecule has 0 aromatic carbocycles. The highest BCUT2D eigenvalue weighted by molar-refractivity contribution is 5.75. The predicted molar refractivity (Wildman–Crippen MR) is 58.2 cm³/mol. The molecule has 0 heterocycles. The number of carbonyl (C=O) groups is 2. The van der Waals surface area contributed by atoms with Crippen LogP contribution in [0.25, 0.3) is 0 Å². The minimum absolute atomic E-state index is 0.211. The zero-order valence-electron chi connectivity index (χ0n) is 9.99. The van der Waals surface area contributed by atoms with Gasteiger partial charge in [0.1, 0.15) is 6.04 Å². The Morgan fingerprint density at radius 1 is 1.38 bits per heavy atom. The van der Waals surface area contributed by atoms with Gasteiger partial charge < -0.3 is 14.9 Å². The highest BCUT2D eigenvalue weighted by Crippen LogP contribution is 2.05. The van der Waals surface area contributed by atoms with Gasteiger partial charge in [-0.25, -0.2) is 4.79 Å². The predicted octanol–water partition coefficient (Wildman–Crippen LogP) is -0.0293. The number of esters is 1. The number of rotatable bonds is 7. The molecule has 0 rings (SSSR count). The molecule has 0 fully saturated rings. The van der Waals surface area contributed by atoms with Crippen molar-refractivity contribution in [1.29, 1.82) is 0 Å². The van der Waals surface area contributed by atoms with Crippen LogP contribution in [0.4, 0.5) is 0 Å². The number of ether oxygens (including phenoxy) is 1. The number of hydrogen-bond donors (Lipinski definition) is 2. The van der Waals surface area contributed by atoms with Crippen LogP contribution >= 0.6 is 0 Å². The van der Waals surface area contributed by atoms with E-state index in [9.17, 15) is 9.59 Å². The van der Waals surface area contributed by atoms with Gasteiger partial charge in [-0.05, 0) is 12.3 Å². The molecule has 0 radical (unpaired) electrons. The minimum Gasteiger partial charge on any atom is -0.469 e. The van der Waals surface area contributed by atoms with Crippen molar-refractivity contribution in [3.63, 3.8) is 0 Å². The Morgan fingerprint density at radius 2 is 2.00 bits per heavy atom. The van der Waals surface area contributed by atoms with Crippen molar-refractivity contribution in [2.24, 2.45) is 11.8 Å². The Balaban J connectivity index is 4.01. The zero-order chi connectivity index (χ0) is 12.6. The number of nitrogens with two attached hydrogens (primary N) is 1. The van der Waals surface area contributed by atoms with E-state index >= 15 is 0 Å².